The largest absolute Gasteiger partial charge is 0.481 e. The molecule has 0 aromatic heterocycles. The number of nitrogens with two attached hydrogens (primary N) is 1. The molecule has 5 unspecified atom stereocenters. The number of hydrogen-bond donors (Lipinski definition) is 8. The average molecular weight is 495 g/mol. The molecule has 9 N–H and O–H groups in total. The van der Waals surface area contributed by atoms with Gasteiger partial charge in [0.25, 0.3) is 0 Å². The Morgan fingerprint density at radius 1 is 0.818 bits per heavy atom. The standard InChI is InChI=1S/C18H30N4O10S/c1-8(23)14(19)17(30)21-9(3-4-12(24)25)15(28)20-10(5-6-33-2)16(29)22-11(18(31)32)7-13(26)27/h8-11,14,23H,3-7,19H2,1-2H3,(H,20,28)(H,21,30)(H,22,29)(H,24,25)(H,26,27)(H,31,32). The van der Waals surface area contributed by atoms with E-state index in [4.69, 9.17) is 21.1 Å². The highest BCUT2D eigenvalue weighted by atomic mass is 32.2. The summed E-state index contributed by atoms with van der Waals surface area (Å²) in [6, 6.07) is -5.85. The first kappa shape index (κ1) is 30.1. The second-order valence-electron chi connectivity index (χ2n) is 7.10. The molecule has 188 valence electrons. The van der Waals surface area contributed by atoms with Gasteiger partial charge in [-0.3, -0.25) is 24.0 Å². The van der Waals surface area contributed by atoms with E-state index < -0.39 is 78.7 Å². The molecule has 0 aliphatic heterocycles. The highest BCUT2D eigenvalue weighted by molar-refractivity contribution is 7.98. The van der Waals surface area contributed by atoms with Crippen LogP contribution in [-0.2, 0) is 28.8 Å². The van der Waals surface area contributed by atoms with Crippen molar-refractivity contribution < 1.29 is 49.2 Å². The Bertz CT molecular complexity index is 733. The number of thioether (sulfide) groups is 1. The highest BCUT2D eigenvalue weighted by Gasteiger charge is 2.31. The Balaban J connectivity index is 5.54. The molecular formula is C18H30N4O10S. The van der Waals surface area contributed by atoms with Crippen LogP contribution in [0.1, 0.15) is 32.6 Å². The van der Waals surface area contributed by atoms with Crippen molar-refractivity contribution in [2.45, 2.75) is 62.9 Å². The summed E-state index contributed by atoms with van der Waals surface area (Å²) in [5.41, 5.74) is 5.52. The van der Waals surface area contributed by atoms with Crippen molar-refractivity contribution in [1.82, 2.24) is 16.0 Å². The summed E-state index contributed by atoms with van der Waals surface area (Å²) in [6.45, 7) is 1.25. The fourth-order valence-electron chi connectivity index (χ4n) is 2.45. The fraction of sp³-hybridized carbons (Fsp3) is 0.667. The average Bonchev–Trinajstić information content (AvgIpc) is 2.71. The minimum absolute atomic E-state index is 0.0327. The Labute approximate surface area is 193 Å². The maximum Gasteiger partial charge on any atom is 0.326 e. The Kier molecular flexibility index (Phi) is 13.7. The van der Waals surface area contributed by atoms with Gasteiger partial charge in [-0.2, -0.15) is 11.8 Å². The zero-order valence-electron chi connectivity index (χ0n) is 18.1. The molecule has 0 saturated heterocycles. The van der Waals surface area contributed by atoms with E-state index in [1.165, 1.54) is 18.7 Å². The van der Waals surface area contributed by atoms with E-state index in [2.05, 4.69) is 10.6 Å². The minimum atomic E-state index is -1.74. The number of carbonyl (C=O) groups is 6. The van der Waals surface area contributed by atoms with Crippen molar-refractivity contribution in [3.8, 4) is 0 Å². The van der Waals surface area contributed by atoms with Gasteiger partial charge in [0, 0.05) is 6.42 Å². The van der Waals surface area contributed by atoms with Crippen molar-refractivity contribution >= 4 is 47.4 Å². The van der Waals surface area contributed by atoms with Gasteiger partial charge in [-0.1, -0.05) is 0 Å². The number of aliphatic carboxylic acids is 3. The molecule has 0 heterocycles. The van der Waals surface area contributed by atoms with Crippen molar-refractivity contribution in [1.29, 1.82) is 0 Å². The molecule has 0 fully saturated rings. The van der Waals surface area contributed by atoms with Gasteiger partial charge < -0.3 is 42.1 Å². The van der Waals surface area contributed by atoms with Crippen LogP contribution in [-0.4, -0.2) is 98.3 Å². The lowest BCUT2D eigenvalue weighted by molar-refractivity contribution is -0.147. The second-order valence-corrected chi connectivity index (χ2v) is 8.09. The summed E-state index contributed by atoms with van der Waals surface area (Å²) >= 11 is 1.32. The Morgan fingerprint density at radius 2 is 1.30 bits per heavy atom. The molecule has 0 aromatic carbocycles. The number of nitrogens with one attached hydrogen (secondary N) is 3. The quantitative estimate of drug-likeness (QED) is 0.109. The van der Waals surface area contributed by atoms with Crippen LogP contribution in [0.5, 0.6) is 0 Å². The topological polar surface area (TPSA) is 245 Å². The van der Waals surface area contributed by atoms with Gasteiger partial charge >= 0.3 is 17.9 Å². The molecule has 3 amide bonds. The molecule has 0 bridgehead atoms. The maximum absolute atomic E-state index is 12.7. The van der Waals surface area contributed by atoms with E-state index >= 15 is 0 Å². The number of carbonyl (C=O) groups excluding carboxylic acids is 3. The predicted molar refractivity (Wildman–Crippen MR) is 115 cm³/mol. The second kappa shape index (κ2) is 15.0. The molecular weight excluding hydrogens is 464 g/mol. The van der Waals surface area contributed by atoms with Crippen molar-refractivity contribution in [3.63, 3.8) is 0 Å². The van der Waals surface area contributed by atoms with Gasteiger partial charge in [0.15, 0.2) is 0 Å². The first-order chi connectivity index (χ1) is 15.3. The summed E-state index contributed by atoms with van der Waals surface area (Å²) in [4.78, 5) is 70.4. The molecule has 0 aromatic rings. The summed E-state index contributed by atoms with van der Waals surface area (Å²) < 4.78 is 0. The molecule has 15 heteroatoms. The van der Waals surface area contributed by atoms with Crippen LogP contribution in [0.15, 0.2) is 0 Å². The normalized spacial score (nSPS) is 15.3. The molecule has 0 spiro atoms. The fourth-order valence-corrected chi connectivity index (χ4v) is 2.92. The van der Waals surface area contributed by atoms with Crippen LogP contribution in [0.4, 0.5) is 0 Å². The van der Waals surface area contributed by atoms with Crippen LogP contribution in [0.3, 0.4) is 0 Å². The van der Waals surface area contributed by atoms with Crippen molar-refractivity contribution in [3.05, 3.63) is 0 Å². The van der Waals surface area contributed by atoms with E-state index in [1.54, 1.807) is 6.26 Å². The minimum Gasteiger partial charge on any atom is -0.481 e. The zero-order chi connectivity index (χ0) is 25.7. The molecule has 0 rings (SSSR count). The van der Waals surface area contributed by atoms with Crippen LogP contribution < -0.4 is 21.7 Å². The van der Waals surface area contributed by atoms with E-state index in [9.17, 15) is 33.9 Å². The lowest BCUT2D eigenvalue weighted by Crippen LogP contribution is -2.58. The third-order valence-corrected chi connectivity index (χ3v) is 4.98. The van der Waals surface area contributed by atoms with Crippen LogP contribution in [0.25, 0.3) is 0 Å². The summed E-state index contributed by atoms with van der Waals surface area (Å²) in [5.74, 6) is -6.76. The van der Waals surface area contributed by atoms with Gasteiger partial charge in [0.2, 0.25) is 17.7 Å². The van der Waals surface area contributed by atoms with Gasteiger partial charge in [-0.05, 0) is 31.8 Å². The summed E-state index contributed by atoms with van der Waals surface area (Å²) in [7, 11) is 0. The third-order valence-electron chi connectivity index (χ3n) is 4.34. The van der Waals surface area contributed by atoms with Crippen LogP contribution in [0.2, 0.25) is 0 Å². The van der Waals surface area contributed by atoms with Gasteiger partial charge in [-0.15, -0.1) is 0 Å². The number of hydrogen-bond acceptors (Lipinski definition) is 9. The summed E-state index contributed by atoms with van der Waals surface area (Å²) in [5, 5.41) is 42.9. The van der Waals surface area contributed by atoms with Gasteiger partial charge in [-0.25, -0.2) is 4.79 Å². The zero-order valence-corrected chi connectivity index (χ0v) is 19.0. The molecule has 0 aliphatic carbocycles. The van der Waals surface area contributed by atoms with Gasteiger partial charge in [0.05, 0.1) is 12.5 Å². The molecule has 14 nitrogen and oxygen atoms in total. The maximum atomic E-state index is 12.7. The third kappa shape index (κ3) is 12.1. The first-order valence-electron chi connectivity index (χ1n) is 9.80. The summed E-state index contributed by atoms with van der Waals surface area (Å²) in [6.07, 6.45) is -1.26. The lowest BCUT2D eigenvalue weighted by Gasteiger charge is -2.25. The number of carboxylic acids is 3. The molecule has 0 aliphatic rings. The Morgan fingerprint density at radius 3 is 1.73 bits per heavy atom. The Hall–Kier alpha value is -2.91. The number of rotatable bonds is 16. The number of carboxylic acid groups (broad SMARTS) is 3. The number of aliphatic hydroxyl groups is 1. The SMILES string of the molecule is CSCCC(NC(=O)C(CCC(=O)O)NC(=O)C(N)C(C)O)C(=O)NC(CC(=O)O)C(=O)O. The highest BCUT2D eigenvalue weighted by Crippen LogP contribution is 2.06. The van der Waals surface area contributed by atoms with Crippen LogP contribution in [0, 0.1) is 0 Å². The number of amides is 3. The molecule has 33 heavy (non-hydrogen) atoms. The van der Waals surface area contributed by atoms with E-state index in [0.717, 1.165) is 0 Å². The van der Waals surface area contributed by atoms with E-state index in [1.807, 2.05) is 5.32 Å². The van der Waals surface area contributed by atoms with Crippen LogP contribution >= 0.6 is 11.8 Å². The molecule has 0 saturated carbocycles. The van der Waals surface area contributed by atoms with E-state index in [-0.39, 0.29) is 12.8 Å². The first-order valence-corrected chi connectivity index (χ1v) is 11.2. The smallest absolute Gasteiger partial charge is 0.326 e. The predicted octanol–water partition coefficient (Wildman–Crippen LogP) is -2.67. The number of aliphatic hydroxyl groups excluding tert-OH is 1. The lowest BCUT2D eigenvalue weighted by atomic mass is 10.1. The van der Waals surface area contributed by atoms with Gasteiger partial charge in [0.1, 0.15) is 24.2 Å². The van der Waals surface area contributed by atoms with Crippen molar-refractivity contribution in [2.24, 2.45) is 5.73 Å². The molecule has 0 radical (unpaired) electrons. The molecule has 5 atom stereocenters. The van der Waals surface area contributed by atoms with Crippen molar-refractivity contribution in [2.75, 3.05) is 12.0 Å². The monoisotopic (exact) mass is 494 g/mol. The van der Waals surface area contributed by atoms with E-state index in [0.29, 0.717) is 5.75 Å².